The predicted molar refractivity (Wildman–Crippen MR) is 131 cm³/mol. The van der Waals surface area contributed by atoms with Gasteiger partial charge in [0, 0.05) is 34.6 Å². The second kappa shape index (κ2) is 10.5. The number of ether oxygens (including phenoxy) is 3. The van der Waals surface area contributed by atoms with Crippen LogP contribution < -0.4 is 24.8 Å². The van der Waals surface area contributed by atoms with Crippen molar-refractivity contribution in [2.45, 2.75) is 0 Å². The highest BCUT2D eigenvalue weighted by molar-refractivity contribution is 6.04. The van der Waals surface area contributed by atoms with Gasteiger partial charge in [0.05, 0.1) is 39.4 Å². The third-order valence-electron chi connectivity index (χ3n) is 5.12. The van der Waals surface area contributed by atoms with Crippen LogP contribution in [-0.2, 0) is 0 Å². The number of anilines is 3. The number of benzene rings is 3. The first-order valence-corrected chi connectivity index (χ1v) is 10.6. The van der Waals surface area contributed by atoms with E-state index in [-0.39, 0.29) is 5.91 Å². The Labute approximate surface area is 201 Å². The maximum atomic E-state index is 13.1. The predicted octanol–water partition coefficient (Wildman–Crippen LogP) is 5.30. The van der Waals surface area contributed by atoms with E-state index in [4.69, 9.17) is 14.2 Å². The van der Waals surface area contributed by atoms with Crippen LogP contribution in [0.1, 0.15) is 10.4 Å². The molecule has 35 heavy (non-hydrogen) atoms. The second-order valence-electron chi connectivity index (χ2n) is 7.37. The molecule has 9 heteroatoms. The SMILES string of the molecule is COc1cc(Nc2cncc(-c3ccc(NC(=O)c4ccc(F)cc4)cc3)n2)cc(OC)c1OC. The number of rotatable bonds is 8. The summed E-state index contributed by atoms with van der Waals surface area (Å²) in [6.07, 6.45) is 3.25. The summed E-state index contributed by atoms with van der Waals surface area (Å²) in [6.45, 7) is 0. The molecular weight excluding hydrogens is 451 g/mol. The molecule has 0 saturated heterocycles. The first-order valence-electron chi connectivity index (χ1n) is 10.6. The Morgan fingerprint density at radius 2 is 1.49 bits per heavy atom. The number of hydrogen-bond donors (Lipinski definition) is 2. The van der Waals surface area contributed by atoms with E-state index in [0.717, 1.165) is 5.56 Å². The molecule has 4 aromatic rings. The van der Waals surface area contributed by atoms with Gasteiger partial charge in [-0.05, 0) is 36.4 Å². The molecule has 0 radical (unpaired) electrons. The van der Waals surface area contributed by atoms with Crippen LogP contribution in [0, 0.1) is 5.82 Å². The quantitative estimate of drug-likeness (QED) is 0.358. The molecule has 1 amide bonds. The van der Waals surface area contributed by atoms with Gasteiger partial charge in [0.2, 0.25) is 5.75 Å². The fourth-order valence-electron chi connectivity index (χ4n) is 3.40. The first-order chi connectivity index (χ1) is 17.0. The van der Waals surface area contributed by atoms with E-state index in [0.29, 0.717) is 45.7 Å². The van der Waals surface area contributed by atoms with Gasteiger partial charge in [0.25, 0.3) is 5.91 Å². The van der Waals surface area contributed by atoms with Gasteiger partial charge in [-0.25, -0.2) is 9.37 Å². The fraction of sp³-hybridized carbons (Fsp3) is 0.115. The summed E-state index contributed by atoms with van der Waals surface area (Å²) in [4.78, 5) is 21.3. The number of aromatic nitrogens is 2. The smallest absolute Gasteiger partial charge is 0.255 e. The molecular formula is C26H23FN4O4. The summed E-state index contributed by atoms with van der Waals surface area (Å²) >= 11 is 0. The molecule has 0 unspecified atom stereocenters. The van der Waals surface area contributed by atoms with Crippen LogP contribution >= 0.6 is 0 Å². The van der Waals surface area contributed by atoms with Gasteiger partial charge in [0.1, 0.15) is 11.6 Å². The van der Waals surface area contributed by atoms with Crippen LogP contribution in [0.15, 0.2) is 73.1 Å². The van der Waals surface area contributed by atoms with Gasteiger partial charge in [-0.1, -0.05) is 12.1 Å². The van der Waals surface area contributed by atoms with Crippen LogP contribution in [-0.4, -0.2) is 37.2 Å². The van der Waals surface area contributed by atoms with Gasteiger partial charge < -0.3 is 24.8 Å². The van der Waals surface area contributed by atoms with Gasteiger partial charge in [-0.3, -0.25) is 9.78 Å². The maximum absolute atomic E-state index is 13.1. The van der Waals surface area contributed by atoms with E-state index >= 15 is 0 Å². The molecule has 1 aromatic heterocycles. The van der Waals surface area contributed by atoms with Crippen LogP contribution in [0.4, 0.5) is 21.6 Å². The molecule has 0 aliphatic heterocycles. The lowest BCUT2D eigenvalue weighted by atomic mass is 10.1. The summed E-state index contributed by atoms with van der Waals surface area (Å²) in [6, 6.07) is 16.1. The molecule has 8 nitrogen and oxygen atoms in total. The van der Waals surface area contributed by atoms with Crippen molar-refractivity contribution in [2.75, 3.05) is 32.0 Å². The number of hydrogen-bond acceptors (Lipinski definition) is 7. The average molecular weight is 474 g/mol. The largest absolute Gasteiger partial charge is 0.493 e. The third-order valence-corrected chi connectivity index (χ3v) is 5.12. The van der Waals surface area contributed by atoms with Crippen molar-refractivity contribution in [3.63, 3.8) is 0 Å². The van der Waals surface area contributed by atoms with Crippen molar-refractivity contribution in [1.82, 2.24) is 9.97 Å². The minimum atomic E-state index is -0.394. The zero-order valence-corrected chi connectivity index (χ0v) is 19.3. The highest BCUT2D eigenvalue weighted by atomic mass is 19.1. The molecule has 1 heterocycles. The topological polar surface area (TPSA) is 94.6 Å². The summed E-state index contributed by atoms with van der Waals surface area (Å²) < 4.78 is 29.2. The van der Waals surface area contributed by atoms with E-state index in [9.17, 15) is 9.18 Å². The lowest BCUT2D eigenvalue weighted by Gasteiger charge is -2.15. The van der Waals surface area contributed by atoms with Crippen LogP contribution in [0.2, 0.25) is 0 Å². The third kappa shape index (κ3) is 5.47. The zero-order chi connectivity index (χ0) is 24.8. The minimum Gasteiger partial charge on any atom is -0.493 e. The molecule has 4 rings (SSSR count). The highest BCUT2D eigenvalue weighted by Crippen LogP contribution is 2.40. The average Bonchev–Trinajstić information content (AvgIpc) is 2.89. The summed E-state index contributed by atoms with van der Waals surface area (Å²) in [5, 5.41) is 5.99. The Morgan fingerprint density at radius 3 is 2.09 bits per heavy atom. The van der Waals surface area contributed by atoms with Crippen LogP contribution in [0.3, 0.4) is 0 Å². The minimum absolute atomic E-state index is 0.325. The van der Waals surface area contributed by atoms with Crippen molar-refractivity contribution < 1.29 is 23.4 Å². The maximum Gasteiger partial charge on any atom is 0.255 e. The van der Waals surface area contributed by atoms with E-state index in [1.807, 2.05) is 12.1 Å². The molecule has 0 saturated carbocycles. The highest BCUT2D eigenvalue weighted by Gasteiger charge is 2.14. The van der Waals surface area contributed by atoms with Crippen LogP contribution in [0.25, 0.3) is 11.3 Å². The van der Waals surface area contributed by atoms with E-state index < -0.39 is 5.82 Å². The Morgan fingerprint density at radius 1 is 0.829 bits per heavy atom. The van der Waals surface area contributed by atoms with Gasteiger partial charge in [-0.2, -0.15) is 0 Å². The fourth-order valence-corrected chi connectivity index (χ4v) is 3.40. The molecule has 0 aliphatic rings. The Hall–Kier alpha value is -4.66. The summed E-state index contributed by atoms with van der Waals surface area (Å²) in [5.74, 6) is 1.31. The normalized spacial score (nSPS) is 10.4. The Kier molecular flexibility index (Phi) is 7.06. The number of carbonyl (C=O) groups is 1. The molecule has 2 N–H and O–H groups in total. The molecule has 3 aromatic carbocycles. The van der Waals surface area contributed by atoms with E-state index in [1.54, 1.807) is 58.0 Å². The molecule has 0 spiro atoms. The molecule has 0 aliphatic carbocycles. The van der Waals surface area contributed by atoms with Crippen molar-refractivity contribution in [1.29, 1.82) is 0 Å². The molecule has 178 valence electrons. The number of nitrogens with zero attached hydrogens (tertiary/aromatic N) is 2. The lowest BCUT2D eigenvalue weighted by Crippen LogP contribution is -2.11. The van der Waals surface area contributed by atoms with Crippen molar-refractivity contribution in [3.05, 3.63) is 84.4 Å². The first kappa shape index (κ1) is 23.5. The number of methoxy groups -OCH3 is 3. The van der Waals surface area contributed by atoms with Gasteiger partial charge >= 0.3 is 0 Å². The number of halogens is 1. The standard InChI is InChI=1S/C26H23FN4O4/c1-33-22-12-20(13-23(34-2)25(22)35-3)29-24-15-28-14-21(31-24)16-6-10-19(11-7-16)30-26(32)17-4-8-18(27)9-5-17/h4-15H,1-3H3,(H,29,31)(H,30,32). The van der Waals surface area contributed by atoms with Crippen LogP contribution in [0.5, 0.6) is 17.2 Å². The number of amides is 1. The van der Waals surface area contributed by atoms with Crippen molar-refractivity contribution in [3.8, 4) is 28.5 Å². The Balaban J connectivity index is 1.50. The van der Waals surface area contributed by atoms with Crippen molar-refractivity contribution in [2.24, 2.45) is 0 Å². The number of nitrogens with one attached hydrogen (secondary N) is 2. The molecule has 0 fully saturated rings. The lowest BCUT2D eigenvalue weighted by molar-refractivity contribution is 0.102. The summed E-state index contributed by atoms with van der Waals surface area (Å²) in [5.41, 5.74) is 3.10. The second-order valence-corrected chi connectivity index (χ2v) is 7.37. The monoisotopic (exact) mass is 474 g/mol. The van der Waals surface area contributed by atoms with Gasteiger partial charge in [-0.15, -0.1) is 0 Å². The van der Waals surface area contributed by atoms with Gasteiger partial charge in [0.15, 0.2) is 11.5 Å². The zero-order valence-electron chi connectivity index (χ0n) is 19.3. The molecule has 0 atom stereocenters. The van der Waals surface area contributed by atoms with E-state index in [1.165, 1.54) is 24.3 Å². The van der Waals surface area contributed by atoms with E-state index in [2.05, 4.69) is 20.6 Å². The number of carbonyl (C=O) groups excluding carboxylic acids is 1. The Bertz CT molecular complexity index is 1300. The van der Waals surface area contributed by atoms with Crippen molar-refractivity contribution >= 4 is 23.1 Å². The summed E-state index contributed by atoms with van der Waals surface area (Å²) in [7, 11) is 4.64. The molecule has 0 bridgehead atoms.